The summed E-state index contributed by atoms with van der Waals surface area (Å²) >= 11 is 0. The zero-order valence-corrected chi connectivity index (χ0v) is 9.40. The van der Waals surface area contributed by atoms with Gasteiger partial charge in [0, 0.05) is 21.4 Å². The third kappa shape index (κ3) is 33.8. The highest BCUT2D eigenvalue weighted by atomic mass is 16.1. The van der Waals surface area contributed by atoms with Crippen molar-refractivity contribution in [2.45, 2.75) is 48.0 Å². The molecule has 0 saturated heterocycles. The van der Waals surface area contributed by atoms with Crippen molar-refractivity contribution in [2.75, 3.05) is 6.54 Å². The van der Waals surface area contributed by atoms with Gasteiger partial charge < -0.3 is 5.32 Å². The predicted octanol–water partition coefficient (Wildman–Crippen LogP) is 2.20. The lowest BCUT2D eigenvalue weighted by molar-refractivity contribution is -0.120. The molecule has 3 radical (unpaired) electrons. The molecule has 1 N–H and O–H groups in total. The van der Waals surface area contributed by atoms with E-state index in [4.69, 9.17) is 0 Å². The van der Waals surface area contributed by atoms with Crippen LogP contribution < -0.4 is 5.32 Å². The van der Waals surface area contributed by atoms with E-state index in [1.54, 1.807) is 0 Å². The highest BCUT2D eigenvalue weighted by Gasteiger charge is 1.88. The number of hydrogen-bond donors (Lipinski definition) is 1. The average Bonchev–Trinajstić information content (AvgIpc) is 2.12. The number of carbonyl (C=O) groups excluding carboxylic acids is 1. The Morgan fingerprint density at radius 1 is 1.08 bits per heavy atom. The molecular formula is C9H23BNO. The van der Waals surface area contributed by atoms with Gasteiger partial charge in [0.15, 0.2) is 0 Å². The van der Waals surface area contributed by atoms with Crippen LogP contribution in [0.25, 0.3) is 0 Å². The SMILES string of the molecule is CC.CC.CCNC(=O)CC.[B]. The molecule has 0 aromatic rings. The fourth-order valence-corrected chi connectivity index (χ4v) is 0.322. The van der Waals surface area contributed by atoms with Crippen molar-refractivity contribution in [3.8, 4) is 0 Å². The first-order valence-electron chi connectivity index (χ1n) is 4.58. The zero-order chi connectivity index (χ0) is 9.70. The third-order valence-corrected chi connectivity index (χ3v) is 0.695. The van der Waals surface area contributed by atoms with E-state index in [1.807, 2.05) is 41.5 Å². The quantitative estimate of drug-likeness (QED) is 0.635. The minimum atomic E-state index is 0. The summed E-state index contributed by atoms with van der Waals surface area (Å²) < 4.78 is 0. The molecular weight excluding hydrogens is 149 g/mol. The van der Waals surface area contributed by atoms with Gasteiger partial charge in [-0.05, 0) is 6.92 Å². The topological polar surface area (TPSA) is 29.1 Å². The van der Waals surface area contributed by atoms with Crippen LogP contribution in [0.2, 0.25) is 0 Å². The minimum absolute atomic E-state index is 0. The molecule has 0 aliphatic rings. The van der Waals surface area contributed by atoms with Crippen molar-refractivity contribution in [3.05, 3.63) is 0 Å². The van der Waals surface area contributed by atoms with E-state index in [-0.39, 0.29) is 14.3 Å². The molecule has 0 bridgehead atoms. The Hall–Kier alpha value is -0.465. The molecule has 73 valence electrons. The van der Waals surface area contributed by atoms with Crippen LogP contribution in [-0.2, 0) is 4.79 Å². The van der Waals surface area contributed by atoms with Crippen LogP contribution in [0.5, 0.6) is 0 Å². The van der Waals surface area contributed by atoms with E-state index in [9.17, 15) is 4.79 Å². The Bertz CT molecular complexity index is 67.5. The molecule has 12 heavy (non-hydrogen) atoms. The molecule has 2 nitrogen and oxygen atoms in total. The minimum Gasteiger partial charge on any atom is -0.356 e. The van der Waals surface area contributed by atoms with Gasteiger partial charge in [-0.1, -0.05) is 34.6 Å². The molecule has 3 heteroatoms. The number of hydrogen-bond acceptors (Lipinski definition) is 1. The van der Waals surface area contributed by atoms with E-state index in [0.717, 1.165) is 6.54 Å². The molecule has 0 heterocycles. The van der Waals surface area contributed by atoms with Gasteiger partial charge in [-0.25, -0.2) is 0 Å². The van der Waals surface area contributed by atoms with Gasteiger partial charge in [0.1, 0.15) is 0 Å². The molecule has 0 aromatic carbocycles. The number of nitrogens with one attached hydrogen (secondary N) is 1. The lowest BCUT2D eigenvalue weighted by Gasteiger charge is -1.93. The average molecular weight is 172 g/mol. The maximum Gasteiger partial charge on any atom is 0.219 e. The first-order chi connectivity index (χ1) is 5.31. The fraction of sp³-hybridized carbons (Fsp3) is 0.889. The van der Waals surface area contributed by atoms with Crippen molar-refractivity contribution in [3.63, 3.8) is 0 Å². The Balaban J connectivity index is -0.0000000560. The number of rotatable bonds is 2. The maximum atomic E-state index is 10.3. The lowest BCUT2D eigenvalue weighted by atomic mass is 10.4. The van der Waals surface area contributed by atoms with Gasteiger partial charge >= 0.3 is 0 Å². The van der Waals surface area contributed by atoms with Crippen LogP contribution in [0.4, 0.5) is 0 Å². The Labute approximate surface area is 79.7 Å². The Morgan fingerprint density at radius 2 is 1.42 bits per heavy atom. The van der Waals surface area contributed by atoms with Crippen LogP contribution in [0.3, 0.4) is 0 Å². The smallest absolute Gasteiger partial charge is 0.219 e. The van der Waals surface area contributed by atoms with Gasteiger partial charge in [0.2, 0.25) is 5.91 Å². The normalized spacial score (nSPS) is 5.83. The fourth-order valence-electron chi connectivity index (χ4n) is 0.322. The van der Waals surface area contributed by atoms with E-state index < -0.39 is 0 Å². The molecule has 0 atom stereocenters. The summed E-state index contributed by atoms with van der Waals surface area (Å²) in [6.45, 7) is 12.5. The molecule has 0 rings (SSSR count). The number of carbonyl (C=O) groups is 1. The second kappa shape index (κ2) is 31.3. The van der Waals surface area contributed by atoms with Gasteiger partial charge in [-0.3, -0.25) is 4.79 Å². The second-order valence-corrected chi connectivity index (χ2v) is 1.31. The summed E-state index contributed by atoms with van der Waals surface area (Å²) in [5.41, 5.74) is 0. The van der Waals surface area contributed by atoms with E-state index >= 15 is 0 Å². The highest BCUT2D eigenvalue weighted by Crippen LogP contribution is 1.70. The lowest BCUT2D eigenvalue weighted by Crippen LogP contribution is -2.20. The number of amides is 1. The van der Waals surface area contributed by atoms with E-state index in [1.165, 1.54) is 0 Å². The molecule has 0 aromatic heterocycles. The van der Waals surface area contributed by atoms with Crippen LogP contribution in [0, 0.1) is 0 Å². The molecule has 0 saturated carbocycles. The standard InChI is InChI=1S/C5H11NO.2C2H6.B/c1-3-5(7)6-4-2;2*1-2;/h3-4H2,1-2H3,(H,6,7);2*1-2H3;. The second-order valence-electron chi connectivity index (χ2n) is 1.31. The van der Waals surface area contributed by atoms with Gasteiger partial charge in [-0.15, -0.1) is 0 Å². The van der Waals surface area contributed by atoms with Crippen molar-refractivity contribution in [2.24, 2.45) is 0 Å². The molecule has 0 aliphatic carbocycles. The monoisotopic (exact) mass is 172 g/mol. The zero-order valence-electron chi connectivity index (χ0n) is 9.40. The van der Waals surface area contributed by atoms with Crippen LogP contribution in [0.1, 0.15) is 48.0 Å². The van der Waals surface area contributed by atoms with Gasteiger partial charge in [-0.2, -0.15) is 0 Å². The van der Waals surface area contributed by atoms with Crippen molar-refractivity contribution in [1.29, 1.82) is 0 Å². The molecule has 1 amide bonds. The van der Waals surface area contributed by atoms with Crippen molar-refractivity contribution in [1.82, 2.24) is 5.32 Å². The van der Waals surface area contributed by atoms with Crippen LogP contribution in [-0.4, -0.2) is 20.9 Å². The molecule has 0 spiro atoms. The molecule has 0 aliphatic heterocycles. The first kappa shape index (κ1) is 22.5. The summed E-state index contributed by atoms with van der Waals surface area (Å²) in [7, 11) is 0. The van der Waals surface area contributed by atoms with Crippen LogP contribution >= 0.6 is 0 Å². The summed E-state index contributed by atoms with van der Waals surface area (Å²) in [5, 5.41) is 2.66. The summed E-state index contributed by atoms with van der Waals surface area (Å²) in [4.78, 5) is 10.3. The Morgan fingerprint density at radius 3 is 1.50 bits per heavy atom. The summed E-state index contributed by atoms with van der Waals surface area (Å²) in [6, 6.07) is 0. The van der Waals surface area contributed by atoms with E-state index in [0.29, 0.717) is 6.42 Å². The highest BCUT2D eigenvalue weighted by molar-refractivity contribution is 5.75. The maximum absolute atomic E-state index is 10.3. The van der Waals surface area contributed by atoms with Crippen molar-refractivity contribution < 1.29 is 4.79 Å². The molecule has 0 unspecified atom stereocenters. The third-order valence-electron chi connectivity index (χ3n) is 0.695. The summed E-state index contributed by atoms with van der Waals surface area (Å²) in [5.74, 6) is 0.127. The predicted molar refractivity (Wildman–Crippen MR) is 57.4 cm³/mol. The van der Waals surface area contributed by atoms with Gasteiger partial charge in [0.25, 0.3) is 0 Å². The molecule has 0 fully saturated rings. The van der Waals surface area contributed by atoms with Gasteiger partial charge in [0.05, 0.1) is 0 Å². The van der Waals surface area contributed by atoms with Crippen LogP contribution in [0.15, 0.2) is 0 Å². The Kier molecular flexibility index (Phi) is 58.7. The summed E-state index contributed by atoms with van der Waals surface area (Å²) in [6.07, 6.45) is 0.591. The first-order valence-corrected chi connectivity index (χ1v) is 4.58. The van der Waals surface area contributed by atoms with E-state index in [2.05, 4.69) is 5.32 Å². The van der Waals surface area contributed by atoms with Crippen molar-refractivity contribution >= 4 is 14.3 Å². The largest absolute Gasteiger partial charge is 0.356 e.